The third kappa shape index (κ3) is 4.20. The predicted molar refractivity (Wildman–Crippen MR) is 116 cm³/mol. The van der Waals surface area contributed by atoms with Crippen LogP contribution >= 0.6 is 11.6 Å². The quantitative estimate of drug-likeness (QED) is 0.576. The van der Waals surface area contributed by atoms with Crippen LogP contribution in [0.2, 0.25) is 5.02 Å². The van der Waals surface area contributed by atoms with Gasteiger partial charge in [0.15, 0.2) is 11.7 Å². The summed E-state index contributed by atoms with van der Waals surface area (Å²) in [4.78, 5) is 29.2. The molecule has 3 aromatic heterocycles. The van der Waals surface area contributed by atoms with E-state index < -0.39 is 0 Å². The summed E-state index contributed by atoms with van der Waals surface area (Å²) >= 11 is 5.94. The largest absolute Gasteiger partial charge is 0.446 e. The van der Waals surface area contributed by atoms with Crippen molar-refractivity contribution in [1.29, 1.82) is 0 Å². The predicted octanol–water partition coefficient (Wildman–Crippen LogP) is 3.53. The molecular formula is C23H23ClN4O3. The molecule has 0 fully saturated rings. The number of carbonyl (C=O) groups excluding carboxylic acids is 1. The molecule has 0 saturated heterocycles. The number of anilines is 1. The van der Waals surface area contributed by atoms with Crippen molar-refractivity contribution in [2.24, 2.45) is 0 Å². The normalized spacial score (nSPS) is 15.9. The molecule has 5 rings (SSSR count). The maximum atomic E-state index is 13.3. The van der Waals surface area contributed by atoms with E-state index in [9.17, 15) is 4.79 Å². The highest BCUT2D eigenvalue weighted by Gasteiger charge is 2.26. The first-order valence-corrected chi connectivity index (χ1v) is 10.9. The van der Waals surface area contributed by atoms with Crippen LogP contribution in [0.3, 0.4) is 0 Å². The van der Waals surface area contributed by atoms with Gasteiger partial charge in [0.1, 0.15) is 17.3 Å². The molecule has 0 spiro atoms. The number of rotatable bonds is 4. The van der Waals surface area contributed by atoms with Gasteiger partial charge < -0.3 is 14.1 Å². The Morgan fingerprint density at radius 3 is 2.87 bits per heavy atom. The SMILES string of the molecule is Cc1nc2c(o1)CCN(c1cc(C(=O)Cc3ccc(Cl)cn3)c3c(n1)CCOCC3)C2. The highest BCUT2D eigenvalue weighted by atomic mass is 35.5. The second-order valence-electron chi connectivity index (χ2n) is 7.91. The number of halogens is 1. The van der Waals surface area contributed by atoms with Gasteiger partial charge in [0, 0.05) is 49.5 Å². The van der Waals surface area contributed by atoms with Crippen molar-refractivity contribution in [3.8, 4) is 0 Å². The lowest BCUT2D eigenvalue weighted by molar-refractivity contribution is 0.0990. The van der Waals surface area contributed by atoms with Crippen LogP contribution in [0.5, 0.6) is 0 Å². The van der Waals surface area contributed by atoms with E-state index >= 15 is 0 Å². The summed E-state index contributed by atoms with van der Waals surface area (Å²) in [7, 11) is 0. The molecule has 0 aliphatic carbocycles. The van der Waals surface area contributed by atoms with Gasteiger partial charge in [-0.25, -0.2) is 9.97 Å². The number of aryl methyl sites for hydroxylation is 1. The molecule has 0 aromatic carbocycles. The molecule has 2 aliphatic heterocycles. The average molecular weight is 439 g/mol. The molecule has 0 unspecified atom stereocenters. The number of ether oxygens (including phenoxy) is 1. The van der Waals surface area contributed by atoms with Gasteiger partial charge in [0.2, 0.25) is 0 Å². The van der Waals surface area contributed by atoms with Crippen molar-refractivity contribution >= 4 is 23.2 Å². The van der Waals surface area contributed by atoms with Gasteiger partial charge in [-0.1, -0.05) is 11.6 Å². The zero-order valence-electron chi connectivity index (χ0n) is 17.4. The molecule has 8 heteroatoms. The number of ketones is 1. The Balaban J connectivity index is 1.49. The fourth-order valence-electron chi connectivity index (χ4n) is 4.25. The summed E-state index contributed by atoms with van der Waals surface area (Å²) in [6.45, 7) is 4.48. The molecule has 7 nitrogen and oxygen atoms in total. The van der Waals surface area contributed by atoms with Gasteiger partial charge in [-0.3, -0.25) is 9.78 Å². The molecule has 0 amide bonds. The molecule has 0 radical (unpaired) electrons. The molecule has 5 heterocycles. The Bertz CT molecular complexity index is 1130. The Morgan fingerprint density at radius 1 is 1.16 bits per heavy atom. The Kier molecular flexibility index (Phi) is 5.46. The van der Waals surface area contributed by atoms with Crippen LogP contribution in [0, 0.1) is 6.92 Å². The van der Waals surface area contributed by atoms with E-state index in [1.54, 1.807) is 18.3 Å². The molecule has 2 aliphatic rings. The van der Waals surface area contributed by atoms with Crippen LogP contribution in [0.25, 0.3) is 0 Å². The van der Waals surface area contributed by atoms with Gasteiger partial charge in [-0.05, 0) is 30.2 Å². The maximum absolute atomic E-state index is 13.3. The first-order valence-electron chi connectivity index (χ1n) is 10.5. The zero-order chi connectivity index (χ0) is 21.4. The third-order valence-corrected chi connectivity index (χ3v) is 5.99. The van der Waals surface area contributed by atoms with E-state index in [1.165, 1.54) is 0 Å². The zero-order valence-corrected chi connectivity index (χ0v) is 18.1. The number of pyridine rings is 2. The van der Waals surface area contributed by atoms with Crippen LogP contribution in [0.1, 0.15) is 44.7 Å². The summed E-state index contributed by atoms with van der Waals surface area (Å²) in [6, 6.07) is 5.48. The second kappa shape index (κ2) is 8.40. The maximum Gasteiger partial charge on any atom is 0.191 e. The number of carbonyl (C=O) groups is 1. The minimum absolute atomic E-state index is 0.0339. The van der Waals surface area contributed by atoms with Gasteiger partial charge in [0.05, 0.1) is 31.2 Å². The summed E-state index contributed by atoms with van der Waals surface area (Å²) in [6.07, 6.45) is 3.95. The van der Waals surface area contributed by atoms with E-state index in [1.807, 2.05) is 13.0 Å². The summed E-state index contributed by atoms with van der Waals surface area (Å²) in [5.41, 5.74) is 4.30. The topological polar surface area (TPSA) is 81.4 Å². The van der Waals surface area contributed by atoms with E-state index in [2.05, 4.69) is 14.9 Å². The first-order chi connectivity index (χ1) is 15.1. The number of hydrogen-bond acceptors (Lipinski definition) is 7. The highest BCUT2D eigenvalue weighted by Crippen LogP contribution is 2.28. The lowest BCUT2D eigenvalue weighted by Gasteiger charge is -2.28. The second-order valence-corrected chi connectivity index (χ2v) is 8.34. The van der Waals surface area contributed by atoms with Crippen LogP contribution in [0.4, 0.5) is 5.82 Å². The van der Waals surface area contributed by atoms with Gasteiger partial charge in [0.25, 0.3) is 0 Å². The van der Waals surface area contributed by atoms with Gasteiger partial charge >= 0.3 is 0 Å². The average Bonchev–Trinajstić information content (AvgIpc) is 2.97. The molecule has 0 N–H and O–H groups in total. The monoisotopic (exact) mass is 438 g/mol. The van der Waals surface area contributed by atoms with Crippen LogP contribution in [0.15, 0.2) is 28.8 Å². The van der Waals surface area contributed by atoms with Crippen molar-refractivity contribution in [3.63, 3.8) is 0 Å². The van der Waals surface area contributed by atoms with E-state index in [4.69, 9.17) is 25.7 Å². The number of hydrogen-bond donors (Lipinski definition) is 0. The van der Waals surface area contributed by atoms with Crippen molar-refractivity contribution in [3.05, 3.63) is 69.3 Å². The van der Waals surface area contributed by atoms with E-state index in [0.29, 0.717) is 54.8 Å². The summed E-state index contributed by atoms with van der Waals surface area (Å²) < 4.78 is 11.4. The number of Topliss-reactive ketones (excluding diaryl/α,β-unsaturated/α-hetero) is 1. The fraction of sp³-hybridized carbons (Fsp3) is 0.391. The first kappa shape index (κ1) is 20.2. The van der Waals surface area contributed by atoms with Crippen molar-refractivity contribution in [2.75, 3.05) is 24.7 Å². The summed E-state index contributed by atoms with van der Waals surface area (Å²) in [5, 5.41) is 0.556. The lowest BCUT2D eigenvalue weighted by atomic mass is 9.96. The molecule has 0 atom stereocenters. The summed E-state index contributed by atoms with van der Waals surface area (Å²) in [5.74, 6) is 2.47. The molecule has 160 valence electrons. The molecule has 0 bridgehead atoms. The smallest absolute Gasteiger partial charge is 0.191 e. The van der Waals surface area contributed by atoms with Crippen molar-refractivity contribution in [2.45, 2.75) is 39.2 Å². The highest BCUT2D eigenvalue weighted by molar-refractivity contribution is 6.30. The van der Waals surface area contributed by atoms with Crippen LogP contribution in [-0.4, -0.2) is 40.5 Å². The number of nitrogens with zero attached hydrogens (tertiary/aromatic N) is 4. The van der Waals surface area contributed by atoms with Gasteiger partial charge in [-0.15, -0.1) is 0 Å². The molecular weight excluding hydrogens is 416 g/mol. The fourth-order valence-corrected chi connectivity index (χ4v) is 4.36. The number of oxazole rings is 1. The Hall–Kier alpha value is -2.77. The van der Waals surface area contributed by atoms with E-state index in [-0.39, 0.29) is 12.2 Å². The van der Waals surface area contributed by atoms with Crippen molar-refractivity contribution < 1.29 is 13.9 Å². The molecule has 31 heavy (non-hydrogen) atoms. The lowest BCUT2D eigenvalue weighted by Crippen LogP contribution is -2.31. The minimum atomic E-state index is 0.0339. The van der Waals surface area contributed by atoms with Gasteiger partial charge in [-0.2, -0.15) is 0 Å². The Morgan fingerprint density at radius 2 is 2.03 bits per heavy atom. The molecule has 3 aromatic rings. The van der Waals surface area contributed by atoms with Crippen LogP contribution < -0.4 is 4.90 Å². The van der Waals surface area contributed by atoms with Crippen molar-refractivity contribution in [1.82, 2.24) is 15.0 Å². The molecule has 0 saturated carbocycles. The van der Waals surface area contributed by atoms with E-state index in [0.717, 1.165) is 41.5 Å². The number of fused-ring (bicyclic) bond motifs is 2. The Labute approximate surface area is 185 Å². The van der Waals surface area contributed by atoms with Crippen LogP contribution in [-0.2, 0) is 37.0 Å². The standard InChI is InChI=1S/C23H23ClN4O3/c1-14-26-20-13-28(7-4-22(20)31-14)23-11-18(17-5-8-30-9-6-19(17)27-23)21(29)10-16-3-2-15(24)12-25-16/h2-3,11-12H,4-10,13H2,1H3. The third-order valence-electron chi connectivity index (χ3n) is 5.77. The number of aromatic nitrogens is 3. The minimum Gasteiger partial charge on any atom is -0.446 e.